The van der Waals surface area contributed by atoms with Gasteiger partial charge in [0.15, 0.2) is 0 Å². The van der Waals surface area contributed by atoms with Crippen LogP contribution in [-0.4, -0.2) is 35.6 Å². The molecule has 0 saturated heterocycles. The van der Waals surface area contributed by atoms with E-state index in [0.717, 1.165) is 12.0 Å². The van der Waals surface area contributed by atoms with E-state index in [1.165, 1.54) is 5.56 Å². The lowest BCUT2D eigenvalue weighted by molar-refractivity contribution is 0.0714. The highest BCUT2D eigenvalue weighted by atomic mass is 16.5. The smallest absolute Gasteiger partial charge is 0.270 e. The molecule has 5 heteroatoms. The van der Waals surface area contributed by atoms with Gasteiger partial charge in [0.1, 0.15) is 11.8 Å². The number of rotatable bonds is 7. The van der Waals surface area contributed by atoms with Crippen LogP contribution in [0.3, 0.4) is 0 Å². The van der Waals surface area contributed by atoms with Crippen molar-refractivity contribution < 1.29 is 9.53 Å². The molecule has 5 nitrogen and oxygen atoms in total. The van der Waals surface area contributed by atoms with E-state index in [-0.39, 0.29) is 5.91 Å². The maximum absolute atomic E-state index is 12.9. The molecular formula is C19H23N3O2. The van der Waals surface area contributed by atoms with Crippen molar-refractivity contribution in [2.45, 2.75) is 19.9 Å². The lowest BCUT2D eigenvalue weighted by Crippen LogP contribution is -2.33. The van der Waals surface area contributed by atoms with Gasteiger partial charge in [0.2, 0.25) is 0 Å². The number of benzene rings is 1. The molecule has 1 amide bonds. The van der Waals surface area contributed by atoms with Crippen molar-refractivity contribution >= 4 is 5.91 Å². The molecule has 0 aliphatic carbocycles. The Hall–Kier alpha value is -2.58. The summed E-state index contributed by atoms with van der Waals surface area (Å²) in [5.74, 6) is -0.0734. The first-order valence-corrected chi connectivity index (χ1v) is 7.95. The maximum atomic E-state index is 12.9. The summed E-state index contributed by atoms with van der Waals surface area (Å²) in [6, 6.07) is 11.9. The largest absolute Gasteiger partial charge is 0.385 e. The fourth-order valence-corrected chi connectivity index (χ4v) is 2.57. The van der Waals surface area contributed by atoms with Crippen molar-refractivity contribution in [3.8, 4) is 6.07 Å². The molecule has 1 aromatic heterocycles. The van der Waals surface area contributed by atoms with Gasteiger partial charge in [0.25, 0.3) is 5.91 Å². The Kier molecular flexibility index (Phi) is 6.16. The molecular weight excluding hydrogens is 302 g/mol. The molecule has 0 saturated carbocycles. The lowest BCUT2D eigenvalue weighted by Gasteiger charge is -2.23. The molecule has 0 aliphatic heterocycles. The molecule has 2 aromatic rings. The first-order chi connectivity index (χ1) is 11.5. The van der Waals surface area contributed by atoms with Gasteiger partial charge in [-0.25, -0.2) is 0 Å². The molecule has 0 radical (unpaired) electrons. The van der Waals surface area contributed by atoms with E-state index in [4.69, 9.17) is 10.00 Å². The Balaban J connectivity index is 2.20. The van der Waals surface area contributed by atoms with Crippen LogP contribution in [0.1, 0.15) is 33.6 Å². The summed E-state index contributed by atoms with van der Waals surface area (Å²) in [7, 11) is 3.44. The molecule has 1 heterocycles. The molecule has 0 unspecified atom stereocenters. The predicted molar refractivity (Wildman–Crippen MR) is 92.5 cm³/mol. The number of carbonyl (C=O) groups is 1. The fourth-order valence-electron chi connectivity index (χ4n) is 2.57. The Morgan fingerprint density at radius 3 is 2.62 bits per heavy atom. The Labute approximate surface area is 143 Å². The summed E-state index contributed by atoms with van der Waals surface area (Å²) in [5.41, 5.74) is 3.29. The van der Waals surface area contributed by atoms with Crippen LogP contribution in [0.15, 0.2) is 36.5 Å². The monoisotopic (exact) mass is 325 g/mol. The normalized spacial score (nSPS) is 10.4. The third-order valence-corrected chi connectivity index (χ3v) is 3.91. The highest BCUT2D eigenvalue weighted by Gasteiger charge is 2.19. The van der Waals surface area contributed by atoms with Crippen LogP contribution in [0.4, 0.5) is 0 Å². The zero-order valence-electron chi connectivity index (χ0n) is 14.5. The van der Waals surface area contributed by atoms with Gasteiger partial charge in [0.05, 0.1) is 5.56 Å². The third kappa shape index (κ3) is 4.46. The number of nitrogens with zero attached hydrogens (tertiary/aromatic N) is 3. The van der Waals surface area contributed by atoms with Crippen LogP contribution in [0.5, 0.6) is 0 Å². The minimum atomic E-state index is -0.0734. The first-order valence-electron chi connectivity index (χ1n) is 7.95. The number of carbonyl (C=O) groups excluding carboxylic acids is 1. The third-order valence-electron chi connectivity index (χ3n) is 3.91. The molecule has 0 spiro atoms. The SMILES string of the molecule is COCCCN(Cc1ccc(C)cc1)C(=O)c1cc(C#N)cn1C. The molecule has 0 atom stereocenters. The van der Waals surface area contributed by atoms with Crippen LogP contribution < -0.4 is 0 Å². The van der Waals surface area contributed by atoms with Crippen molar-refractivity contribution in [3.05, 3.63) is 58.9 Å². The van der Waals surface area contributed by atoms with Gasteiger partial charge >= 0.3 is 0 Å². The van der Waals surface area contributed by atoms with Gasteiger partial charge in [-0.05, 0) is 25.0 Å². The number of methoxy groups -OCH3 is 1. The van der Waals surface area contributed by atoms with E-state index < -0.39 is 0 Å². The number of ether oxygens (including phenoxy) is 1. The summed E-state index contributed by atoms with van der Waals surface area (Å²) in [5, 5.41) is 9.03. The first kappa shape index (κ1) is 17.8. The highest BCUT2D eigenvalue weighted by molar-refractivity contribution is 5.93. The van der Waals surface area contributed by atoms with Crippen molar-refractivity contribution in [2.24, 2.45) is 7.05 Å². The summed E-state index contributed by atoms with van der Waals surface area (Å²) in [6.07, 6.45) is 2.44. The summed E-state index contributed by atoms with van der Waals surface area (Å²) < 4.78 is 6.81. The van der Waals surface area contributed by atoms with Crippen LogP contribution in [0.2, 0.25) is 0 Å². The number of nitriles is 1. The summed E-state index contributed by atoms with van der Waals surface area (Å²) >= 11 is 0. The number of hydrogen-bond acceptors (Lipinski definition) is 3. The second kappa shape index (κ2) is 8.32. The molecule has 24 heavy (non-hydrogen) atoms. The van der Waals surface area contributed by atoms with Crippen molar-refractivity contribution in [3.63, 3.8) is 0 Å². The van der Waals surface area contributed by atoms with Gasteiger partial charge in [-0.1, -0.05) is 29.8 Å². The van der Waals surface area contributed by atoms with E-state index >= 15 is 0 Å². The van der Waals surface area contributed by atoms with Gasteiger partial charge in [-0.2, -0.15) is 5.26 Å². The molecule has 0 N–H and O–H groups in total. The summed E-state index contributed by atoms with van der Waals surface area (Å²) in [4.78, 5) is 14.7. The zero-order valence-corrected chi connectivity index (χ0v) is 14.5. The van der Waals surface area contributed by atoms with Crippen molar-refractivity contribution in [1.82, 2.24) is 9.47 Å². The number of aryl methyl sites for hydroxylation is 2. The number of aromatic nitrogens is 1. The Morgan fingerprint density at radius 2 is 2.04 bits per heavy atom. The fraction of sp³-hybridized carbons (Fsp3) is 0.368. The van der Waals surface area contributed by atoms with Gasteiger partial charge in [-0.15, -0.1) is 0 Å². The topological polar surface area (TPSA) is 58.3 Å². The van der Waals surface area contributed by atoms with Gasteiger partial charge < -0.3 is 14.2 Å². The van der Waals surface area contributed by atoms with Gasteiger partial charge in [-0.3, -0.25) is 4.79 Å². The van der Waals surface area contributed by atoms with Gasteiger partial charge in [0, 0.05) is 40.1 Å². The van der Waals surface area contributed by atoms with Crippen LogP contribution in [-0.2, 0) is 18.3 Å². The predicted octanol–water partition coefficient (Wildman–Crippen LogP) is 2.88. The molecule has 0 bridgehead atoms. The Bertz CT molecular complexity index is 726. The zero-order chi connectivity index (χ0) is 17.5. The molecule has 0 aliphatic rings. The molecule has 126 valence electrons. The van der Waals surface area contributed by atoms with E-state index in [2.05, 4.69) is 6.07 Å². The van der Waals surface area contributed by atoms with E-state index in [1.807, 2.05) is 31.2 Å². The second-order valence-corrected chi connectivity index (χ2v) is 5.90. The molecule has 1 aromatic carbocycles. The number of amides is 1. The Morgan fingerprint density at radius 1 is 1.33 bits per heavy atom. The minimum absolute atomic E-state index is 0.0734. The van der Waals surface area contributed by atoms with Crippen LogP contribution in [0.25, 0.3) is 0 Å². The molecule has 0 fully saturated rings. The molecule has 2 rings (SSSR count). The van der Waals surface area contributed by atoms with Crippen LogP contribution >= 0.6 is 0 Å². The van der Waals surface area contributed by atoms with E-state index in [9.17, 15) is 4.79 Å². The lowest BCUT2D eigenvalue weighted by atomic mass is 10.1. The quantitative estimate of drug-likeness (QED) is 0.736. The van der Waals surface area contributed by atoms with E-state index in [0.29, 0.717) is 31.0 Å². The maximum Gasteiger partial charge on any atom is 0.270 e. The standard InChI is InChI=1S/C19H23N3O2/c1-15-5-7-16(8-6-15)14-22(9-4-10-24-3)19(23)18-11-17(12-20)13-21(18)2/h5-8,11,13H,4,9-10,14H2,1-3H3. The van der Waals surface area contributed by atoms with Crippen molar-refractivity contribution in [2.75, 3.05) is 20.3 Å². The van der Waals surface area contributed by atoms with E-state index in [1.54, 1.807) is 35.9 Å². The minimum Gasteiger partial charge on any atom is -0.385 e. The summed E-state index contributed by atoms with van der Waals surface area (Å²) in [6.45, 7) is 3.79. The van der Waals surface area contributed by atoms with Crippen LogP contribution in [0, 0.1) is 18.3 Å². The second-order valence-electron chi connectivity index (χ2n) is 5.90. The number of hydrogen-bond donors (Lipinski definition) is 0. The average Bonchev–Trinajstić information content (AvgIpc) is 2.96. The highest BCUT2D eigenvalue weighted by Crippen LogP contribution is 2.14. The van der Waals surface area contributed by atoms with Crippen molar-refractivity contribution in [1.29, 1.82) is 5.26 Å². The average molecular weight is 325 g/mol.